The van der Waals surface area contributed by atoms with Gasteiger partial charge in [0.25, 0.3) is 0 Å². The lowest BCUT2D eigenvalue weighted by Gasteiger charge is -2.22. The van der Waals surface area contributed by atoms with E-state index < -0.39 is 0 Å². The molecule has 2 fully saturated rings. The number of hydrogen-bond donors (Lipinski definition) is 0. The normalized spacial score (nSPS) is 49.7. The third-order valence-corrected chi connectivity index (χ3v) is 3.58. The van der Waals surface area contributed by atoms with Gasteiger partial charge < -0.3 is 0 Å². The zero-order valence-corrected chi connectivity index (χ0v) is 7.23. The van der Waals surface area contributed by atoms with Crippen LogP contribution in [0.15, 0.2) is 0 Å². The maximum Gasteiger partial charge on any atom is 0.0151 e. The van der Waals surface area contributed by atoms with Gasteiger partial charge in [0.15, 0.2) is 0 Å². The minimum absolute atomic E-state index is 0.865. The number of hydrogen-bond acceptors (Lipinski definition) is 0. The van der Waals surface area contributed by atoms with Crippen LogP contribution in [0.25, 0.3) is 0 Å². The molecule has 0 radical (unpaired) electrons. The molecule has 0 aromatic carbocycles. The minimum atomic E-state index is 0.865. The highest BCUT2D eigenvalue weighted by atomic mass is 79.9. The molecule has 2 atom stereocenters. The topological polar surface area (TPSA) is 0 Å². The van der Waals surface area contributed by atoms with Crippen molar-refractivity contribution in [3.05, 3.63) is 0 Å². The quantitative estimate of drug-likeness (QED) is 0.514. The first-order chi connectivity index (χ1) is 4.34. The van der Waals surface area contributed by atoms with Gasteiger partial charge in [-0.15, -0.1) is 0 Å². The zero-order valence-electron chi connectivity index (χ0n) is 5.65. The molecule has 2 aliphatic rings. The maximum atomic E-state index is 3.71. The minimum Gasteiger partial charge on any atom is -0.0890 e. The fraction of sp³-hybridized carbons (Fsp3) is 1.00. The van der Waals surface area contributed by atoms with Crippen LogP contribution in [0.3, 0.4) is 0 Å². The van der Waals surface area contributed by atoms with E-state index in [-0.39, 0.29) is 0 Å². The van der Waals surface area contributed by atoms with Crippen LogP contribution in [0.1, 0.15) is 32.1 Å². The molecule has 0 nitrogen and oxygen atoms in total. The van der Waals surface area contributed by atoms with Gasteiger partial charge in [0.1, 0.15) is 0 Å². The van der Waals surface area contributed by atoms with E-state index >= 15 is 0 Å². The van der Waals surface area contributed by atoms with Crippen molar-refractivity contribution >= 4 is 15.9 Å². The Labute approximate surface area is 65.1 Å². The summed E-state index contributed by atoms with van der Waals surface area (Å²) in [5.74, 6) is 2.18. The Morgan fingerprint density at radius 3 is 2.00 bits per heavy atom. The predicted octanol–water partition coefficient (Wildman–Crippen LogP) is 2.96. The summed E-state index contributed by atoms with van der Waals surface area (Å²) in [6.07, 6.45) is 7.49. The van der Waals surface area contributed by atoms with E-state index in [1.807, 2.05) is 0 Å². The zero-order chi connectivity index (χ0) is 6.27. The molecule has 2 unspecified atom stereocenters. The fourth-order valence-corrected chi connectivity index (χ4v) is 3.48. The summed E-state index contributed by atoms with van der Waals surface area (Å²) in [7, 11) is 0. The summed E-state index contributed by atoms with van der Waals surface area (Å²) in [5.41, 5.74) is 0. The Bertz CT molecular complexity index is 99.1. The largest absolute Gasteiger partial charge is 0.0890 e. The molecule has 0 aliphatic heterocycles. The number of fused-ring (bicyclic) bond motifs is 2. The molecule has 2 aliphatic carbocycles. The first kappa shape index (κ1) is 6.21. The molecule has 0 aromatic rings. The Morgan fingerprint density at radius 2 is 1.44 bits per heavy atom. The molecule has 0 saturated heterocycles. The summed E-state index contributed by atoms with van der Waals surface area (Å²) in [5, 5.41) is 0. The van der Waals surface area contributed by atoms with E-state index in [2.05, 4.69) is 15.9 Å². The molecule has 2 rings (SSSR count). The van der Waals surface area contributed by atoms with Gasteiger partial charge in [0.05, 0.1) is 0 Å². The number of rotatable bonds is 0. The van der Waals surface area contributed by atoms with Crippen molar-refractivity contribution in [1.29, 1.82) is 0 Å². The summed E-state index contributed by atoms with van der Waals surface area (Å²) in [4.78, 5) is 0.865. The third-order valence-electron chi connectivity index (χ3n) is 2.83. The van der Waals surface area contributed by atoms with Crippen molar-refractivity contribution in [2.24, 2.45) is 11.8 Å². The Kier molecular flexibility index (Phi) is 1.56. The highest BCUT2D eigenvalue weighted by molar-refractivity contribution is 9.09. The first-order valence-corrected chi connectivity index (χ1v) is 4.90. The van der Waals surface area contributed by atoms with Gasteiger partial charge in [-0.3, -0.25) is 0 Å². The average Bonchev–Trinajstić information content (AvgIpc) is 2.11. The van der Waals surface area contributed by atoms with Gasteiger partial charge in [0, 0.05) is 4.83 Å². The number of halogens is 1. The second kappa shape index (κ2) is 2.26. The van der Waals surface area contributed by atoms with Gasteiger partial charge in [-0.05, 0) is 31.1 Å². The number of alkyl halides is 1. The molecule has 1 heteroatoms. The van der Waals surface area contributed by atoms with Gasteiger partial charge in [-0.25, -0.2) is 0 Å². The summed E-state index contributed by atoms with van der Waals surface area (Å²) in [6.45, 7) is 0. The van der Waals surface area contributed by atoms with Crippen LogP contribution in [0.5, 0.6) is 0 Å². The molecule has 0 spiro atoms. The van der Waals surface area contributed by atoms with Crippen molar-refractivity contribution in [1.82, 2.24) is 0 Å². The van der Waals surface area contributed by atoms with Gasteiger partial charge in [-0.1, -0.05) is 28.8 Å². The summed E-state index contributed by atoms with van der Waals surface area (Å²) >= 11 is 3.71. The summed E-state index contributed by atoms with van der Waals surface area (Å²) < 4.78 is 0. The molecule has 2 bridgehead atoms. The first-order valence-electron chi connectivity index (χ1n) is 3.98. The van der Waals surface area contributed by atoms with Crippen LogP contribution in [0, 0.1) is 11.8 Å². The second-order valence-electron chi connectivity index (χ2n) is 3.61. The smallest absolute Gasteiger partial charge is 0.0151 e. The van der Waals surface area contributed by atoms with Crippen molar-refractivity contribution in [2.45, 2.75) is 36.9 Å². The summed E-state index contributed by atoms with van der Waals surface area (Å²) in [6, 6.07) is 0. The van der Waals surface area contributed by atoms with E-state index in [9.17, 15) is 0 Å². The molecule has 0 aromatic heterocycles. The van der Waals surface area contributed by atoms with E-state index in [0.717, 1.165) is 16.7 Å². The fourth-order valence-electron chi connectivity index (χ4n) is 2.43. The lowest BCUT2D eigenvalue weighted by atomic mass is 9.89. The van der Waals surface area contributed by atoms with E-state index in [1.165, 1.54) is 25.7 Å². The Balaban J connectivity index is 2.03. The molecule has 2 saturated carbocycles. The molecular weight excluding hydrogens is 176 g/mol. The standard InChI is InChI=1S/C8H13Br/c9-8-4-6-1-2-7(3-6)5-8/h6-8H,1-5H2. The lowest BCUT2D eigenvalue weighted by Crippen LogP contribution is -2.14. The predicted molar refractivity (Wildman–Crippen MR) is 42.8 cm³/mol. The lowest BCUT2D eigenvalue weighted by molar-refractivity contribution is 0.372. The van der Waals surface area contributed by atoms with Gasteiger partial charge in [0.2, 0.25) is 0 Å². The molecule has 0 heterocycles. The van der Waals surface area contributed by atoms with Crippen LogP contribution >= 0.6 is 15.9 Å². The van der Waals surface area contributed by atoms with Crippen LogP contribution in [0.4, 0.5) is 0 Å². The van der Waals surface area contributed by atoms with Crippen molar-refractivity contribution in [3.63, 3.8) is 0 Å². The average molecular weight is 189 g/mol. The monoisotopic (exact) mass is 188 g/mol. The van der Waals surface area contributed by atoms with Crippen LogP contribution in [-0.2, 0) is 0 Å². The Hall–Kier alpha value is 0.480. The second-order valence-corrected chi connectivity index (χ2v) is 4.91. The molecule has 0 amide bonds. The molecule has 0 N–H and O–H groups in total. The third kappa shape index (κ3) is 1.17. The highest BCUT2D eigenvalue weighted by Crippen LogP contribution is 2.44. The highest BCUT2D eigenvalue weighted by Gasteiger charge is 2.32. The van der Waals surface area contributed by atoms with Crippen LogP contribution < -0.4 is 0 Å². The van der Waals surface area contributed by atoms with E-state index in [4.69, 9.17) is 0 Å². The molecule has 9 heavy (non-hydrogen) atoms. The van der Waals surface area contributed by atoms with Crippen molar-refractivity contribution in [2.75, 3.05) is 0 Å². The SMILES string of the molecule is BrC1CC2CCC(C1)C2. The van der Waals surface area contributed by atoms with Crippen LogP contribution in [0.2, 0.25) is 0 Å². The van der Waals surface area contributed by atoms with Gasteiger partial charge in [-0.2, -0.15) is 0 Å². The van der Waals surface area contributed by atoms with E-state index in [0.29, 0.717) is 0 Å². The van der Waals surface area contributed by atoms with Crippen molar-refractivity contribution < 1.29 is 0 Å². The van der Waals surface area contributed by atoms with Crippen LogP contribution in [-0.4, -0.2) is 4.83 Å². The molecule has 52 valence electrons. The maximum absolute atomic E-state index is 3.71. The van der Waals surface area contributed by atoms with Crippen molar-refractivity contribution in [3.8, 4) is 0 Å². The molecular formula is C8H13Br. The Morgan fingerprint density at radius 1 is 0.889 bits per heavy atom. The van der Waals surface area contributed by atoms with E-state index in [1.54, 1.807) is 6.42 Å². The van der Waals surface area contributed by atoms with Gasteiger partial charge >= 0.3 is 0 Å².